The molecule has 0 aliphatic rings. The number of ether oxygens (including phenoxy) is 2. The van der Waals surface area contributed by atoms with Gasteiger partial charge in [0.25, 0.3) is 0 Å². The van der Waals surface area contributed by atoms with Gasteiger partial charge in [-0.25, -0.2) is 0 Å². The van der Waals surface area contributed by atoms with E-state index in [2.05, 4.69) is 0 Å². The minimum absolute atomic E-state index is 0.160. The molecule has 1 rings (SSSR count). The molecule has 1 unspecified atom stereocenters. The molecule has 0 fully saturated rings. The molecule has 2 N–H and O–H groups in total. The Bertz CT molecular complexity index is 321. The minimum Gasteiger partial charge on any atom is -0.468 e. The molecule has 0 heterocycles. The van der Waals surface area contributed by atoms with Gasteiger partial charge in [-0.05, 0) is 24.1 Å². The third-order valence-corrected chi connectivity index (χ3v) is 2.56. The van der Waals surface area contributed by atoms with Crippen molar-refractivity contribution in [2.45, 2.75) is 18.9 Å². The molecule has 0 aliphatic heterocycles. The van der Waals surface area contributed by atoms with Crippen LogP contribution in [-0.4, -0.2) is 30.7 Å². The summed E-state index contributed by atoms with van der Waals surface area (Å²) in [4.78, 5) is 0. The maximum Gasteiger partial charge on any atom is 0.188 e. The first-order chi connectivity index (χ1) is 7.66. The van der Waals surface area contributed by atoms with Gasteiger partial charge in [0.1, 0.15) is 11.4 Å². The maximum absolute atomic E-state index is 10.1. The molecule has 1 aromatic carbocycles. The zero-order valence-corrected chi connectivity index (χ0v) is 9.64. The molecule has 1 atom stereocenters. The Balaban J connectivity index is 2.88. The fourth-order valence-electron chi connectivity index (χ4n) is 1.41. The van der Waals surface area contributed by atoms with Crippen LogP contribution in [0.25, 0.3) is 0 Å². The van der Waals surface area contributed by atoms with Crippen molar-refractivity contribution < 1.29 is 19.7 Å². The highest BCUT2D eigenvalue weighted by Gasteiger charge is 2.26. The van der Waals surface area contributed by atoms with E-state index < -0.39 is 5.60 Å². The standard InChI is InChI=1S/C12H18O4/c1-3-12(14,8-13)10-5-4-6-11(7-10)16-9-15-2/h4-7,13-14H,3,8-9H2,1-2H3. The second-order valence-electron chi connectivity index (χ2n) is 3.62. The van der Waals surface area contributed by atoms with Crippen molar-refractivity contribution in [2.75, 3.05) is 20.5 Å². The lowest BCUT2D eigenvalue weighted by molar-refractivity contribution is -0.0226. The van der Waals surface area contributed by atoms with Gasteiger partial charge in [-0.1, -0.05) is 19.1 Å². The van der Waals surface area contributed by atoms with E-state index in [1.165, 1.54) is 0 Å². The smallest absolute Gasteiger partial charge is 0.188 e. The van der Waals surface area contributed by atoms with Gasteiger partial charge >= 0.3 is 0 Å². The van der Waals surface area contributed by atoms with Crippen LogP contribution in [0.1, 0.15) is 18.9 Å². The molecular weight excluding hydrogens is 208 g/mol. The van der Waals surface area contributed by atoms with Crippen LogP contribution in [0.5, 0.6) is 5.75 Å². The van der Waals surface area contributed by atoms with E-state index in [1.54, 1.807) is 31.4 Å². The summed E-state index contributed by atoms with van der Waals surface area (Å²) in [5, 5.41) is 19.3. The summed E-state index contributed by atoms with van der Waals surface area (Å²) in [6, 6.07) is 7.02. The predicted molar refractivity (Wildman–Crippen MR) is 60.2 cm³/mol. The van der Waals surface area contributed by atoms with Gasteiger partial charge in [-0.15, -0.1) is 0 Å². The molecule has 0 saturated carbocycles. The first kappa shape index (κ1) is 13.0. The zero-order chi connectivity index (χ0) is 12.0. The van der Waals surface area contributed by atoms with E-state index in [0.29, 0.717) is 17.7 Å². The fourth-order valence-corrected chi connectivity index (χ4v) is 1.41. The predicted octanol–water partition coefficient (Wildman–Crippen LogP) is 1.26. The second-order valence-corrected chi connectivity index (χ2v) is 3.62. The molecule has 0 aromatic heterocycles. The highest BCUT2D eigenvalue weighted by molar-refractivity contribution is 5.32. The quantitative estimate of drug-likeness (QED) is 0.717. The van der Waals surface area contributed by atoms with Crippen LogP contribution in [-0.2, 0) is 10.3 Å². The summed E-state index contributed by atoms with van der Waals surface area (Å²) in [6.45, 7) is 1.67. The maximum atomic E-state index is 10.1. The number of benzene rings is 1. The van der Waals surface area contributed by atoms with Gasteiger partial charge in [-0.2, -0.15) is 0 Å². The molecule has 0 aliphatic carbocycles. The number of rotatable bonds is 6. The third kappa shape index (κ3) is 2.95. The van der Waals surface area contributed by atoms with Crippen molar-refractivity contribution in [1.82, 2.24) is 0 Å². The van der Waals surface area contributed by atoms with E-state index in [0.717, 1.165) is 0 Å². The average molecular weight is 226 g/mol. The SMILES string of the molecule is CCC(O)(CO)c1cccc(OCOC)c1. The van der Waals surface area contributed by atoms with Crippen molar-refractivity contribution in [3.63, 3.8) is 0 Å². The monoisotopic (exact) mass is 226 g/mol. The van der Waals surface area contributed by atoms with Gasteiger partial charge in [0.15, 0.2) is 6.79 Å². The molecular formula is C12H18O4. The molecule has 0 radical (unpaired) electrons. The third-order valence-electron chi connectivity index (χ3n) is 2.56. The van der Waals surface area contributed by atoms with Crippen molar-refractivity contribution in [1.29, 1.82) is 0 Å². The van der Waals surface area contributed by atoms with E-state index in [1.807, 2.05) is 6.92 Å². The molecule has 0 saturated heterocycles. The van der Waals surface area contributed by atoms with Crippen molar-refractivity contribution in [3.05, 3.63) is 29.8 Å². The van der Waals surface area contributed by atoms with E-state index in [9.17, 15) is 10.2 Å². The number of hydrogen-bond donors (Lipinski definition) is 2. The highest BCUT2D eigenvalue weighted by Crippen LogP contribution is 2.27. The van der Waals surface area contributed by atoms with E-state index in [4.69, 9.17) is 9.47 Å². The number of hydrogen-bond acceptors (Lipinski definition) is 4. The Kier molecular flexibility index (Phi) is 4.73. The molecule has 4 nitrogen and oxygen atoms in total. The van der Waals surface area contributed by atoms with Crippen molar-refractivity contribution in [2.24, 2.45) is 0 Å². The van der Waals surface area contributed by atoms with Crippen LogP contribution in [0.15, 0.2) is 24.3 Å². The normalized spacial score (nSPS) is 14.5. The van der Waals surface area contributed by atoms with Gasteiger partial charge in [0.2, 0.25) is 0 Å². The van der Waals surface area contributed by atoms with E-state index >= 15 is 0 Å². The first-order valence-electron chi connectivity index (χ1n) is 5.22. The second kappa shape index (κ2) is 5.84. The molecule has 90 valence electrons. The van der Waals surface area contributed by atoms with Crippen LogP contribution in [0.2, 0.25) is 0 Å². The number of methoxy groups -OCH3 is 1. The van der Waals surface area contributed by atoms with Gasteiger partial charge in [-0.3, -0.25) is 0 Å². The molecule has 0 bridgehead atoms. The van der Waals surface area contributed by atoms with Crippen LogP contribution in [0.3, 0.4) is 0 Å². The van der Waals surface area contributed by atoms with Crippen LogP contribution < -0.4 is 4.74 Å². The average Bonchev–Trinajstić information content (AvgIpc) is 2.35. The number of aliphatic hydroxyl groups excluding tert-OH is 1. The summed E-state index contributed by atoms with van der Waals surface area (Å²) in [5.41, 5.74) is -0.557. The summed E-state index contributed by atoms with van der Waals surface area (Å²) in [7, 11) is 1.54. The zero-order valence-electron chi connectivity index (χ0n) is 9.64. The fraction of sp³-hybridized carbons (Fsp3) is 0.500. The first-order valence-corrected chi connectivity index (χ1v) is 5.22. The number of aliphatic hydroxyl groups is 2. The van der Waals surface area contributed by atoms with Crippen LogP contribution >= 0.6 is 0 Å². The lowest BCUT2D eigenvalue weighted by atomic mass is 9.92. The minimum atomic E-state index is -1.20. The van der Waals surface area contributed by atoms with Gasteiger partial charge in [0, 0.05) is 7.11 Å². The Morgan fingerprint density at radius 1 is 1.38 bits per heavy atom. The molecule has 1 aromatic rings. The molecule has 0 amide bonds. The molecule has 16 heavy (non-hydrogen) atoms. The summed E-state index contributed by atoms with van der Waals surface area (Å²) in [5.74, 6) is 0.611. The summed E-state index contributed by atoms with van der Waals surface area (Å²) < 4.78 is 10.1. The lowest BCUT2D eigenvalue weighted by Crippen LogP contribution is -2.29. The lowest BCUT2D eigenvalue weighted by Gasteiger charge is -2.25. The van der Waals surface area contributed by atoms with Crippen molar-refractivity contribution >= 4 is 0 Å². The Labute approximate surface area is 95.4 Å². The van der Waals surface area contributed by atoms with Crippen LogP contribution in [0.4, 0.5) is 0 Å². The Hall–Kier alpha value is -1.10. The van der Waals surface area contributed by atoms with Crippen LogP contribution in [0, 0.1) is 0 Å². The Morgan fingerprint density at radius 3 is 2.69 bits per heavy atom. The Morgan fingerprint density at radius 2 is 2.12 bits per heavy atom. The van der Waals surface area contributed by atoms with Gasteiger partial charge < -0.3 is 19.7 Å². The topological polar surface area (TPSA) is 58.9 Å². The molecule has 4 heteroatoms. The largest absolute Gasteiger partial charge is 0.468 e. The molecule has 0 spiro atoms. The summed E-state index contributed by atoms with van der Waals surface area (Å²) >= 11 is 0. The van der Waals surface area contributed by atoms with E-state index in [-0.39, 0.29) is 13.4 Å². The van der Waals surface area contributed by atoms with Crippen molar-refractivity contribution in [3.8, 4) is 5.75 Å². The van der Waals surface area contributed by atoms with Gasteiger partial charge in [0.05, 0.1) is 6.61 Å². The highest BCUT2D eigenvalue weighted by atomic mass is 16.7. The summed E-state index contributed by atoms with van der Waals surface area (Å²) in [6.07, 6.45) is 0.442.